The minimum Gasteiger partial charge on any atom is -0.341 e. The lowest BCUT2D eigenvalue weighted by Crippen LogP contribution is -2.41. The van der Waals surface area contributed by atoms with Crippen LogP contribution >= 0.6 is 11.6 Å². The molecule has 7 heteroatoms. The van der Waals surface area contributed by atoms with Crippen LogP contribution < -0.4 is 4.72 Å². The quantitative estimate of drug-likeness (QED) is 0.898. The second kappa shape index (κ2) is 6.56. The Hall–Kier alpha value is -1.11. The zero-order valence-electron chi connectivity index (χ0n) is 11.0. The van der Waals surface area contributed by atoms with Gasteiger partial charge in [-0.25, -0.2) is 13.1 Å². The second-order valence-electron chi connectivity index (χ2n) is 4.69. The number of rotatable bonds is 5. The predicted octanol–water partition coefficient (Wildman–Crippen LogP) is 1.63. The van der Waals surface area contributed by atoms with Gasteiger partial charge in [0.25, 0.3) is 0 Å². The van der Waals surface area contributed by atoms with Crippen LogP contribution in [0, 0.1) is 0 Å². The van der Waals surface area contributed by atoms with Gasteiger partial charge in [-0.3, -0.25) is 4.79 Å². The molecule has 1 fully saturated rings. The molecule has 2 rings (SSSR count). The normalized spacial score (nSPS) is 16.4. The fourth-order valence-electron chi connectivity index (χ4n) is 2.13. The molecule has 0 spiro atoms. The van der Waals surface area contributed by atoms with Crippen LogP contribution in [-0.4, -0.2) is 38.9 Å². The molecule has 1 aliphatic rings. The molecule has 1 aliphatic heterocycles. The van der Waals surface area contributed by atoms with Gasteiger partial charge in [-0.15, -0.1) is 0 Å². The number of amides is 1. The van der Waals surface area contributed by atoms with Crippen LogP contribution in [0.2, 0.25) is 5.02 Å². The molecule has 0 atom stereocenters. The Morgan fingerprint density at radius 1 is 1.30 bits per heavy atom. The maximum Gasteiger partial charge on any atom is 0.240 e. The molecular weight excluding hydrogens is 300 g/mol. The third kappa shape index (κ3) is 3.94. The van der Waals surface area contributed by atoms with Gasteiger partial charge >= 0.3 is 0 Å². The number of halogens is 1. The molecule has 1 N–H and O–H groups in total. The fourth-order valence-corrected chi connectivity index (χ4v) is 3.45. The summed E-state index contributed by atoms with van der Waals surface area (Å²) >= 11 is 5.78. The zero-order chi connectivity index (χ0) is 14.6. The molecule has 0 bridgehead atoms. The lowest BCUT2D eigenvalue weighted by atomic mass is 10.1. The number of hydrogen-bond acceptors (Lipinski definition) is 3. The number of nitrogens with one attached hydrogen (secondary N) is 1. The summed E-state index contributed by atoms with van der Waals surface area (Å²) < 4.78 is 26.6. The number of carbonyl (C=O) groups is 1. The summed E-state index contributed by atoms with van der Waals surface area (Å²) in [4.78, 5) is 13.4. The van der Waals surface area contributed by atoms with Crippen LogP contribution in [0.3, 0.4) is 0 Å². The van der Waals surface area contributed by atoms with Gasteiger partial charge in [-0.2, -0.15) is 0 Å². The van der Waals surface area contributed by atoms with E-state index in [1.165, 1.54) is 12.1 Å². The molecule has 20 heavy (non-hydrogen) atoms. The molecule has 5 nitrogen and oxygen atoms in total. The standard InChI is InChI=1S/C13H17ClN2O3S/c14-11-4-3-5-12(10-11)20(18,19)15-7-9-16-8-2-1-6-13(16)17/h3-5,10,15H,1-2,6-9H2. The number of likely N-dealkylation sites (tertiary alicyclic amines) is 1. The SMILES string of the molecule is O=C1CCCCN1CCNS(=O)(=O)c1cccc(Cl)c1. The topological polar surface area (TPSA) is 66.5 Å². The van der Waals surface area contributed by atoms with Crippen molar-refractivity contribution in [2.24, 2.45) is 0 Å². The Bertz CT molecular complexity index is 589. The molecule has 1 aromatic carbocycles. The van der Waals surface area contributed by atoms with Crippen molar-refractivity contribution in [3.63, 3.8) is 0 Å². The van der Waals surface area contributed by atoms with E-state index >= 15 is 0 Å². The third-order valence-corrected chi connectivity index (χ3v) is 4.90. The molecule has 110 valence electrons. The Labute approximate surface area is 124 Å². The van der Waals surface area contributed by atoms with Gasteiger partial charge < -0.3 is 4.90 Å². The maximum atomic E-state index is 12.0. The smallest absolute Gasteiger partial charge is 0.240 e. The highest BCUT2D eigenvalue weighted by atomic mass is 35.5. The van der Waals surface area contributed by atoms with E-state index in [4.69, 9.17) is 11.6 Å². The van der Waals surface area contributed by atoms with Crippen molar-refractivity contribution in [1.29, 1.82) is 0 Å². The molecule has 0 radical (unpaired) electrons. The lowest BCUT2D eigenvalue weighted by molar-refractivity contribution is -0.133. The highest BCUT2D eigenvalue weighted by Crippen LogP contribution is 2.15. The lowest BCUT2D eigenvalue weighted by Gasteiger charge is -2.26. The largest absolute Gasteiger partial charge is 0.341 e. The molecule has 1 aromatic rings. The first-order valence-corrected chi connectivity index (χ1v) is 8.38. The molecule has 0 unspecified atom stereocenters. The number of benzene rings is 1. The van der Waals surface area contributed by atoms with E-state index in [9.17, 15) is 13.2 Å². The fraction of sp³-hybridized carbons (Fsp3) is 0.462. The Morgan fingerprint density at radius 3 is 2.80 bits per heavy atom. The first kappa shape index (κ1) is 15.3. The van der Waals surface area contributed by atoms with Crippen molar-refractivity contribution >= 4 is 27.5 Å². The second-order valence-corrected chi connectivity index (χ2v) is 6.90. The summed E-state index contributed by atoms with van der Waals surface area (Å²) in [6.07, 6.45) is 2.46. The van der Waals surface area contributed by atoms with E-state index in [0.717, 1.165) is 12.8 Å². The van der Waals surface area contributed by atoms with E-state index in [-0.39, 0.29) is 17.3 Å². The summed E-state index contributed by atoms with van der Waals surface area (Å²) in [6, 6.07) is 6.09. The molecule has 1 saturated heterocycles. The maximum absolute atomic E-state index is 12.0. The van der Waals surface area contributed by atoms with Crippen molar-refractivity contribution in [3.05, 3.63) is 29.3 Å². The van der Waals surface area contributed by atoms with Crippen molar-refractivity contribution < 1.29 is 13.2 Å². The van der Waals surface area contributed by atoms with Crippen molar-refractivity contribution in [2.45, 2.75) is 24.2 Å². The highest BCUT2D eigenvalue weighted by molar-refractivity contribution is 7.89. The van der Waals surface area contributed by atoms with E-state index in [1.807, 2.05) is 0 Å². The molecular formula is C13H17ClN2O3S. The first-order valence-electron chi connectivity index (χ1n) is 6.52. The molecule has 1 amide bonds. The van der Waals surface area contributed by atoms with Crippen molar-refractivity contribution in [2.75, 3.05) is 19.6 Å². The summed E-state index contributed by atoms with van der Waals surface area (Å²) in [6.45, 7) is 1.32. The Balaban J connectivity index is 1.91. The highest BCUT2D eigenvalue weighted by Gasteiger charge is 2.19. The molecule has 1 heterocycles. The van der Waals surface area contributed by atoms with Gasteiger partial charge in [-0.05, 0) is 31.0 Å². The average molecular weight is 317 g/mol. The van der Waals surface area contributed by atoms with Crippen molar-refractivity contribution in [3.8, 4) is 0 Å². The summed E-state index contributed by atoms with van der Waals surface area (Å²) in [7, 11) is -3.57. The van der Waals surface area contributed by atoms with E-state index in [2.05, 4.69) is 4.72 Å². The van der Waals surface area contributed by atoms with Crippen LogP contribution in [0.15, 0.2) is 29.2 Å². The predicted molar refractivity (Wildman–Crippen MR) is 77.1 cm³/mol. The summed E-state index contributed by atoms with van der Waals surface area (Å²) in [5.74, 6) is 0.0956. The molecule has 0 aliphatic carbocycles. The summed E-state index contributed by atoms with van der Waals surface area (Å²) in [5.41, 5.74) is 0. The monoisotopic (exact) mass is 316 g/mol. The van der Waals surface area contributed by atoms with Gasteiger partial charge in [0.15, 0.2) is 0 Å². The number of sulfonamides is 1. The Kier molecular flexibility index (Phi) is 5.01. The third-order valence-electron chi connectivity index (χ3n) is 3.20. The van der Waals surface area contributed by atoms with Gasteiger partial charge in [0.1, 0.15) is 0 Å². The van der Waals surface area contributed by atoms with Gasteiger partial charge in [0.05, 0.1) is 4.90 Å². The van der Waals surface area contributed by atoms with Gasteiger partial charge in [0, 0.05) is 31.1 Å². The van der Waals surface area contributed by atoms with Crippen LogP contribution in [0.5, 0.6) is 0 Å². The van der Waals surface area contributed by atoms with Crippen molar-refractivity contribution in [1.82, 2.24) is 9.62 Å². The zero-order valence-corrected chi connectivity index (χ0v) is 12.6. The Morgan fingerprint density at radius 2 is 2.10 bits per heavy atom. The minimum atomic E-state index is -3.57. The van der Waals surface area contributed by atoms with Gasteiger partial charge in [-0.1, -0.05) is 17.7 Å². The number of hydrogen-bond donors (Lipinski definition) is 1. The van der Waals surface area contributed by atoms with Crippen LogP contribution in [0.25, 0.3) is 0 Å². The summed E-state index contributed by atoms with van der Waals surface area (Å²) in [5, 5.41) is 0.374. The molecule has 0 saturated carbocycles. The van der Waals surface area contributed by atoms with E-state index in [0.29, 0.717) is 24.5 Å². The average Bonchev–Trinajstić information content (AvgIpc) is 2.41. The van der Waals surface area contributed by atoms with E-state index in [1.54, 1.807) is 17.0 Å². The minimum absolute atomic E-state index is 0.0956. The van der Waals surface area contributed by atoms with Crippen LogP contribution in [-0.2, 0) is 14.8 Å². The number of nitrogens with zero attached hydrogens (tertiary/aromatic N) is 1. The van der Waals surface area contributed by atoms with Crippen LogP contribution in [0.4, 0.5) is 0 Å². The molecule has 0 aromatic heterocycles. The van der Waals surface area contributed by atoms with E-state index < -0.39 is 10.0 Å². The number of piperidine rings is 1. The first-order chi connectivity index (χ1) is 9.49. The van der Waals surface area contributed by atoms with Gasteiger partial charge in [0.2, 0.25) is 15.9 Å². The number of carbonyl (C=O) groups excluding carboxylic acids is 1. The van der Waals surface area contributed by atoms with Crippen LogP contribution in [0.1, 0.15) is 19.3 Å².